The second-order valence-electron chi connectivity index (χ2n) is 4.54. The second-order valence-corrected chi connectivity index (χ2v) is 5.49. The summed E-state index contributed by atoms with van der Waals surface area (Å²) in [4.78, 5) is 10.1. The first-order valence-electron chi connectivity index (χ1n) is 6.36. The topological polar surface area (TPSA) is 37.8 Å². The molecule has 0 atom stereocenters. The predicted molar refractivity (Wildman–Crippen MR) is 78.2 cm³/mol. The Balaban J connectivity index is 2.46. The molecule has 0 aliphatic rings. The Bertz CT molecular complexity index is 492. The van der Waals surface area contributed by atoms with Gasteiger partial charge in [0.15, 0.2) is 0 Å². The molecule has 0 aliphatic heterocycles. The standard InChI is InChI=1S/C14H19N3S/c1-4-7-15-14-12(10(2)3)13(16-9-17-14)11-6-5-8-18-11/h5-6,8-10H,4,7H2,1-3H3,(H,15,16,17). The summed E-state index contributed by atoms with van der Waals surface area (Å²) in [5.41, 5.74) is 2.28. The maximum atomic E-state index is 4.47. The lowest BCUT2D eigenvalue weighted by molar-refractivity contribution is 0.845. The van der Waals surface area contributed by atoms with E-state index < -0.39 is 0 Å². The molecule has 0 bridgehead atoms. The van der Waals surface area contributed by atoms with Crippen molar-refractivity contribution < 1.29 is 0 Å². The molecule has 96 valence electrons. The van der Waals surface area contributed by atoms with Crippen molar-refractivity contribution in [2.24, 2.45) is 0 Å². The molecule has 2 aromatic rings. The summed E-state index contributed by atoms with van der Waals surface area (Å²) < 4.78 is 0. The Hall–Kier alpha value is -1.42. The zero-order valence-corrected chi connectivity index (χ0v) is 11.9. The molecule has 0 aromatic carbocycles. The van der Waals surface area contributed by atoms with Crippen LogP contribution in [0.1, 0.15) is 38.7 Å². The molecule has 0 unspecified atom stereocenters. The minimum absolute atomic E-state index is 0.405. The third-order valence-electron chi connectivity index (χ3n) is 2.76. The molecule has 0 radical (unpaired) electrons. The largest absolute Gasteiger partial charge is 0.370 e. The molecule has 3 nitrogen and oxygen atoms in total. The van der Waals surface area contributed by atoms with Crippen LogP contribution < -0.4 is 5.32 Å². The Morgan fingerprint density at radius 3 is 2.78 bits per heavy atom. The molecule has 1 N–H and O–H groups in total. The van der Waals surface area contributed by atoms with Crippen molar-refractivity contribution in [2.75, 3.05) is 11.9 Å². The molecular weight excluding hydrogens is 242 g/mol. The maximum Gasteiger partial charge on any atom is 0.133 e. The van der Waals surface area contributed by atoms with E-state index in [1.165, 1.54) is 10.4 Å². The average molecular weight is 261 g/mol. The Labute approximate surface area is 112 Å². The van der Waals surface area contributed by atoms with Crippen molar-refractivity contribution in [3.05, 3.63) is 29.4 Å². The van der Waals surface area contributed by atoms with Crippen LogP contribution in [0.25, 0.3) is 10.6 Å². The number of rotatable bonds is 5. The fraction of sp³-hybridized carbons (Fsp3) is 0.429. The zero-order valence-electron chi connectivity index (χ0n) is 11.1. The van der Waals surface area contributed by atoms with E-state index >= 15 is 0 Å². The van der Waals surface area contributed by atoms with Crippen LogP contribution in [0.2, 0.25) is 0 Å². The molecular formula is C14H19N3S. The zero-order chi connectivity index (χ0) is 13.0. The van der Waals surface area contributed by atoms with Gasteiger partial charge in [-0.3, -0.25) is 0 Å². The summed E-state index contributed by atoms with van der Waals surface area (Å²) in [5, 5.41) is 5.48. The molecule has 0 aliphatic carbocycles. The van der Waals surface area contributed by atoms with Crippen LogP contribution in [0.4, 0.5) is 5.82 Å². The minimum atomic E-state index is 0.405. The van der Waals surface area contributed by atoms with Gasteiger partial charge < -0.3 is 5.32 Å². The van der Waals surface area contributed by atoms with Gasteiger partial charge in [-0.1, -0.05) is 26.8 Å². The molecule has 2 aromatic heterocycles. The van der Waals surface area contributed by atoms with Crippen molar-refractivity contribution in [1.29, 1.82) is 0 Å². The number of nitrogens with one attached hydrogen (secondary N) is 1. The summed E-state index contributed by atoms with van der Waals surface area (Å²) in [6, 6.07) is 4.17. The monoisotopic (exact) mass is 261 g/mol. The van der Waals surface area contributed by atoms with Gasteiger partial charge >= 0.3 is 0 Å². The van der Waals surface area contributed by atoms with Crippen molar-refractivity contribution in [1.82, 2.24) is 9.97 Å². The fourth-order valence-electron chi connectivity index (χ4n) is 1.94. The highest BCUT2D eigenvalue weighted by molar-refractivity contribution is 7.13. The smallest absolute Gasteiger partial charge is 0.133 e. The highest BCUT2D eigenvalue weighted by atomic mass is 32.1. The van der Waals surface area contributed by atoms with Gasteiger partial charge in [-0.05, 0) is 23.8 Å². The molecule has 2 rings (SSSR count). The molecule has 0 amide bonds. The number of aromatic nitrogens is 2. The van der Waals surface area contributed by atoms with E-state index in [1.54, 1.807) is 17.7 Å². The maximum absolute atomic E-state index is 4.47. The highest BCUT2D eigenvalue weighted by Gasteiger charge is 2.16. The van der Waals surface area contributed by atoms with Crippen LogP contribution in [-0.2, 0) is 0 Å². The molecule has 0 spiro atoms. The van der Waals surface area contributed by atoms with Crippen LogP contribution in [0, 0.1) is 0 Å². The molecule has 0 fully saturated rings. The number of thiophene rings is 1. The number of nitrogens with zero attached hydrogens (tertiary/aromatic N) is 2. The van der Waals surface area contributed by atoms with Crippen molar-refractivity contribution in [3.8, 4) is 10.6 Å². The normalized spacial score (nSPS) is 10.9. The van der Waals surface area contributed by atoms with Gasteiger partial charge in [0.1, 0.15) is 12.1 Å². The third kappa shape index (κ3) is 2.70. The Morgan fingerprint density at radius 1 is 1.33 bits per heavy atom. The third-order valence-corrected chi connectivity index (χ3v) is 3.63. The van der Waals surface area contributed by atoms with E-state index in [0.29, 0.717) is 5.92 Å². The molecule has 0 saturated carbocycles. The molecule has 18 heavy (non-hydrogen) atoms. The van der Waals surface area contributed by atoms with Gasteiger partial charge in [-0.2, -0.15) is 0 Å². The lowest BCUT2D eigenvalue weighted by Crippen LogP contribution is -2.08. The Kier molecular flexibility index (Phi) is 4.31. The van der Waals surface area contributed by atoms with E-state index in [0.717, 1.165) is 24.5 Å². The van der Waals surface area contributed by atoms with Crippen molar-refractivity contribution in [3.63, 3.8) is 0 Å². The van der Waals surface area contributed by atoms with Gasteiger partial charge in [0.25, 0.3) is 0 Å². The first-order valence-corrected chi connectivity index (χ1v) is 7.24. The highest BCUT2D eigenvalue weighted by Crippen LogP contribution is 2.33. The lowest BCUT2D eigenvalue weighted by atomic mass is 10.0. The van der Waals surface area contributed by atoms with Gasteiger partial charge in [0.2, 0.25) is 0 Å². The van der Waals surface area contributed by atoms with Gasteiger partial charge in [0, 0.05) is 12.1 Å². The molecule has 0 saturated heterocycles. The number of hydrogen-bond acceptors (Lipinski definition) is 4. The van der Waals surface area contributed by atoms with Crippen LogP contribution in [-0.4, -0.2) is 16.5 Å². The van der Waals surface area contributed by atoms with E-state index in [2.05, 4.69) is 53.6 Å². The van der Waals surface area contributed by atoms with E-state index in [4.69, 9.17) is 0 Å². The van der Waals surface area contributed by atoms with Crippen LogP contribution in [0.3, 0.4) is 0 Å². The summed E-state index contributed by atoms with van der Waals surface area (Å²) in [6.07, 6.45) is 2.74. The van der Waals surface area contributed by atoms with E-state index in [1.807, 2.05) is 0 Å². The summed E-state index contributed by atoms with van der Waals surface area (Å²) in [5.74, 6) is 1.38. The van der Waals surface area contributed by atoms with Gasteiger partial charge in [-0.15, -0.1) is 11.3 Å². The summed E-state index contributed by atoms with van der Waals surface area (Å²) in [6.45, 7) is 7.48. The summed E-state index contributed by atoms with van der Waals surface area (Å²) >= 11 is 1.72. The molecule has 4 heteroatoms. The van der Waals surface area contributed by atoms with Crippen molar-refractivity contribution in [2.45, 2.75) is 33.1 Å². The Morgan fingerprint density at radius 2 is 2.17 bits per heavy atom. The number of hydrogen-bond donors (Lipinski definition) is 1. The predicted octanol–water partition coefficient (Wildman–Crippen LogP) is 4.15. The van der Waals surface area contributed by atoms with Gasteiger partial charge in [-0.25, -0.2) is 9.97 Å². The number of anilines is 1. The minimum Gasteiger partial charge on any atom is -0.370 e. The van der Waals surface area contributed by atoms with E-state index in [-0.39, 0.29) is 0 Å². The lowest BCUT2D eigenvalue weighted by Gasteiger charge is -2.16. The first-order chi connectivity index (χ1) is 8.74. The van der Waals surface area contributed by atoms with Crippen LogP contribution in [0.15, 0.2) is 23.8 Å². The van der Waals surface area contributed by atoms with E-state index in [9.17, 15) is 0 Å². The van der Waals surface area contributed by atoms with Crippen molar-refractivity contribution >= 4 is 17.2 Å². The van der Waals surface area contributed by atoms with Gasteiger partial charge in [0.05, 0.1) is 10.6 Å². The van der Waals surface area contributed by atoms with Crippen LogP contribution >= 0.6 is 11.3 Å². The fourth-order valence-corrected chi connectivity index (χ4v) is 2.67. The SMILES string of the molecule is CCCNc1ncnc(-c2cccs2)c1C(C)C. The quantitative estimate of drug-likeness (QED) is 0.878. The summed E-state index contributed by atoms with van der Waals surface area (Å²) in [7, 11) is 0. The van der Waals surface area contributed by atoms with Crippen LogP contribution in [0.5, 0.6) is 0 Å². The first kappa shape index (κ1) is 13.0. The average Bonchev–Trinajstić information content (AvgIpc) is 2.89. The second kappa shape index (κ2) is 5.96. The molecule has 2 heterocycles.